The van der Waals surface area contributed by atoms with Crippen molar-refractivity contribution in [3.63, 3.8) is 0 Å². The van der Waals surface area contributed by atoms with Crippen LogP contribution in [0.1, 0.15) is 11.1 Å². The molecule has 0 atom stereocenters. The van der Waals surface area contributed by atoms with Crippen molar-refractivity contribution in [2.45, 2.75) is 13.8 Å². The van der Waals surface area contributed by atoms with Gasteiger partial charge in [-0.25, -0.2) is 0 Å². The summed E-state index contributed by atoms with van der Waals surface area (Å²) in [5.41, 5.74) is 12.2. The molecule has 0 saturated carbocycles. The fourth-order valence-corrected chi connectivity index (χ4v) is 6.18. The minimum Gasteiger partial charge on any atom is -0.500 e. The van der Waals surface area contributed by atoms with Gasteiger partial charge < -0.3 is 14.4 Å². The summed E-state index contributed by atoms with van der Waals surface area (Å²) in [4.78, 5) is 13.3. The molecule has 0 saturated heterocycles. The molecule has 0 aliphatic heterocycles. The second-order valence-electron chi connectivity index (χ2n) is 12.1. The Kier molecular flexibility index (Phi) is 9.44. The van der Waals surface area contributed by atoms with Gasteiger partial charge >= 0.3 is 0 Å². The Hall–Kier alpha value is -5.74. The molecule has 243 valence electrons. The van der Waals surface area contributed by atoms with Crippen LogP contribution >= 0.6 is 0 Å². The van der Waals surface area contributed by atoms with Crippen molar-refractivity contribution >= 4 is 32.7 Å². The number of pyridine rings is 3. The van der Waals surface area contributed by atoms with Gasteiger partial charge in [0, 0.05) is 61.2 Å². The van der Waals surface area contributed by atoms with Crippen molar-refractivity contribution in [1.82, 2.24) is 15.0 Å². The van der Waals surface area contributed by atoms with Crippen molar-refractivity contribution in [2.24, 2.45) is 0 Å². The van der Waals surface area contributed by atoms with Gasteiger partial charge in [0.15, 0.2) is 0 Å². The van der Waals surface area contributed by atoms with E-state index in [0.29, 0.717) is 0 Å². The summed E-state index contributed by atoms with van der Waals surface area (Å²) < 4.78 is 6.67. The van der Waals surface area contributed by atoms with E-state index in [4.69, 9.17) is 4.42 Å². The zero-order chi connectivity index (χ0) is 33.2. The third-order valence-electron chi connectivity index (χ3n) is 8.69. The summed E-state index contributed by atoms with van der Waals surface area (Å²) in [5.74, 6) is 0. The third kappa shape index (κ3) is 6.49. The Balaban J connectivity index is 0.000000220. The number of fused-ring (bicyclic) bond motifs is 4. The molecular formula is C45H31IrN3O-2. The monoisotopic (exact) mass is 822 g/mol. The number of aryl methyl sites for hydroxylation is 2. The fourth-order valence-electron chi connectivity index (χ4n) is 6.18. The largest absolute Gasteiger partial charge is 0.500 e. The SMILES string of the molecule is Cc1c[c-]c(-c2ccc(C)cn2)cc1.[Ir].[c-]1ccc2c(oc3c(-c4cccc5ccncc45)cc(-c4ccccc4)cc32)c1-c1ccccn1. The molecule has 5 aromatic carbocycles. The molecule has 0 spiro atoms. The first-order chi connectivity index (χ1) is 24.1. The fraction of sp³-hybridized carbons (Fsp3) is 0.0444. The van der Waals surface area contributed by atoms with Gasteiger partial charge in [-0.15, -0.1) is 53.6 Å². The second-order valence-corrected chi connectivity index (χ2v) is 12.1. The summed E-state index contributed by atoms with van der Waals surface area (Å²) >= 11 is 0. The average molecular weight is 822 g/mol. The standard InChI is InChI=1S/C32H19N2O.C13H12N.Ir/c1-2-8-21(9-3-1)23-18-27(24-11-6-10-22-15-17-33-20-29(22)24)32-28(19-23)25-12-7-13-26(31(25)35-32)30-14-4-5-16-34-30;1-10-3-6-12(7-4-10)13-8-5-11(2)9-14-13;/h1-12,14-20H;3-6,8-9H,1-2H3;/q2*-1;. The quantitative estimate of drug-likeness (QED) is 0.166. The Morgan fingerprint density at radius 1 is 0.560 bits per heavy atom. The molecule has 0 bridgehead atoms. The van der Waals surface area contributed by atoms with Crippen LogP contribution in [0.3, 0.4) is 0 Å². The van der Waals surface area contributed by atoms with E-state index in [9.17, 15) is 0 Å². The van der Waals surface area contributed by atoms with Crippen LogP contribution in [0, 0.1) is 26.0 Å². The normalized spacial score (nSPS) is 10.8. The number of rotatable bonds is 4. The summed E-state index contributed by atoms with van der Waals surface area (Å²) in [6.45, 7) is 4.10. The average Bonchev–Trinajstić information content (AvgIpc) is 3.55. The molecule has 0 amide bonds. The predicted molar refractivity (Wildman–Crippen MR) is 200 cm³/mol. The van der Waals surface area contributed by atoms with E-state index < -0.39 is 0 Å². The van der Waals surface area contributed by atoms with Crippen molar-refractivity contribution in [1.29, 1.82) is 0 Å². The molecule has 0 unspecified atom stereocenters. The van der Waals surface area contributed by atoms with E-state index in [1.165, 1.54) is 11.1 Å². The molecule has 5 heteroatoms. The summed E-state index contributed by atoms with van der Waals surface area (Å²) in [6, 6.07) is 50.0. The van der Waals surface area contributed by atoms with Crippen LogP contribution in [0.4, 0.5) is 0 Å². The van der Waals surface area contributed by atoms with Crippen LogP contribution in [0.15, 0.2) is 157 Å². The van der Waals surface area contributed by atoms with Gasteiger partial charge in [-0.1, -0.05) is 90.7 Å². The van der Waals surface area contributed by atoms with Gasteiger partial charge in [-0.05, 0) is 70.2 Å². The van der Waals surface area contributed by atoms with Crippen LogP contribution in [0.5, 0.6) is 0 Å². The van der Waals surface area contributed by atoms with Crippen LogP contribution in [0.2, 0.25) is 0 Å². The zero-order valence-electron chi connectivity index (χ0n) is 27.5. The van der Waals surface area contributed by atoms with Crippen molar-refractivity contribution in [3.05, 3.63) is 175 Å². The molecular weight excluding hydrogens is 791 g/mol. The number of furan rings is 1. The van der Waals surface area contributed by atoms with Crippen molar-refractivity contribution in [3.8, 4) is 44.8 Å². The molecule has 0 N–H and O–H groups in total. The van der Waals surface area contributed by atoms with Gasteiger partial charge in [0.2, 0.25) is 0 Å². The maximum absolute atomic E-state index is 6.67. The maximum atomic E-state index is 6.67. The van der Waals surface area contributed by atoms with E-state index in [0.717, 1.165) is 77.5 Å². The van der Waals surface area contributed by atoms with Gasteiger partial charge in [0.25, 0.3) is 0 Å². The third-order valence-corrected chi connectivity index (χ3v) is 8.69. The first kappa shape index (κ1) is 32.8. The zero-order valence-corrected chi connectivity index (χ0v) is 29.9. The van der Waals surface area contributed by atoms with Gasteiger partial charge in [0.1, 0.15) is 5.58 Å². The summed E-state index contributed by atoms with van der Waals surface area (Å²) in [6.07, 6.45) is 7.44. The van der Waals surface area contributed by atoms with Gasteiger partial charge in [0.05, 0.1) is 5.58 Å². The minimum absolute atomic E-state index is 0. The maximum Gasteiger partial charge on any atom is 0.128 e. The first-order valence-electron chi connectivity index (χ1n) is 16.2. The predicted octanol–water partition coefficient (Wildman–Crippen LogP) is 11.5. The van der Waals surface area contributed by atoms with E-state index in [-0.39, 0.29) is 20.1 Å². The molecule has 0 aliphatic carbocycles. The number of aromatic nitrogens is 3. The molecule has 9 aromatic rings. The second kappa shape index (κ2) is 14.4. The first-order valence-corrected chi connectivity index (χ1v) is 16.2. The Morgan fingerprint density at radius 2 is 1.42 bits per heavy atom. The summed E-state index contributed by atoms with van der Waals surface area (Å²) in [7, 11) is 0. The number of hydrogen-bond donors (Lipinski definition) is 0. The van der Waals surface area contributed by atoms with E-state index >= 15 is 0 Å². The Bertz CT molecular complexity index is 2500. The van der Waals surface area contributed by atoms with Crippen LogP contribution in [-0.2, 0) is 20.1 Å². The topological polar surface area (TPSA) is 51.8 Å². The molecule has 0 aliphatic rings. The van der Waals surface area contributed by atoms with Gasteiger partial charge in [-0.3, -0.25) is 4.98 Å². The number of benzene rings is 5. The van der Waals surface area contributed by atoms with Crippen LogP contribution < -0.4 is 0 Å². The Morgan fingerprint density at radius 3 is 2.20 bits per heavy atom. The molecule has 4 aromatic heterocycles. The number of nitrogens with zero attached hydrogens (tertiary/aromatic N) is 3. The van der Waals surface area contributed by atoms with Crippen LogP contribution in [0.25, 0.3) is 77.5 Å². The van der Waals surface area contributed by atoms with Crippen molar-refractivity contribution < 1.29 is 24.5 Å². The molecule has 4 nitrogen and oxygen atoms in total. The minimum atomic E-state index is 0. The Labute approximate surface area is 304 Å². The van der Waals surface area contributed by atoms with Crippen molar-refractivity contribution in [2.75, 3.05) is 0 Å². The van der Waals surface area contributed by atoms with Gasteiger partial charge in [-0.2, -0.15) is 0 Å². The van der Waals surface area contributed by atoms with E-state index in [2.05, 4.69) is 107 Å². The van der Waals surface area contributed by atoms with E-state index in [1.54, 1.807) is 6.20 Å². The molecule has 9 rings (SSSR count). The van der Waals surface area contributed by atoms with Crippen LogP contribution in [-0.4, -0.2) is 15.0 Å². The smallest absolute Gasteiger partial charge is 0.128 e. The van der Waals surface area contributed by atoms with E-state index in [1.807, 2.05) is 80.1 Å². The molecule has 0 fully saturated rings. The molecule has 4 heterocycles. The molecule has 1 radical (unpaired) electrons. The summed E-state index contributed by atoms with van der Waals surface area (Å²) in [5, 5.41) is 4.37. The molecule has 50 heavy (non-hydrogen) atoms. The number of hydrogen-bond acceptors (Lipinski definition) is 4.